The molecule has 0 aliphatic heterocycles. The third kappa shape index (κ3) is 4.10. The number of phenolic OH excluding ortho intramolecular Hbond substituents is 1. The van der Waals surface area contributed by atoms with Crippen LogP contribution in [0.25, 0.3) is 5.70 Å². The number of ether oxygens (including phenoxy) is 1. The molecule has 0 unspecified atom stereocenters. The summed E-state index contributed by atoms with van der Waals surface area (Å²) < 4.78 is 5.28. The molecular weight excluding hydrogens is 312 g/mol. The minimum atomic E-state index is 0.0827. The molecule has 2 N–H and O–H groups in total. The summed E-state index contributed by atoms with van der Waals surface area (Å²) in [7, 11) is 1.52. The molecule has 0 heterocycles. The maximum atomic E-state index is 10.6. The van der Waals surface area contributed by atoms with Crippen molar-refractivity contribution < 1.29 is 9.84 Å². The number of methoxy groups -OCH3 is 1. The van der Waals surface area contributed by atoms with Gasteiger partial charge in [0.15, 0.2) is 11.5 Å². The van der Waals surface area contributed by atoms with E-state index in [4.69, 9.17) is 4.74 Å². The second kappa shape index (κ2) is 8.20. The van der Waals surface area contributed by atoms with Crippen molar-refractivity contribution in [3.05, 3.63) is 66.3 Å². The zero-order valence-electron chi connectivity index (χ0n) is 15.0. The molecule has 2 aromatic rings. The second-order valence-corrected chi connectivity index (χ2v) is 5.65. The lowest BCUT2D eigenvalue weighted by molar-refractivity contribution is 0.371. The van der Waals surface area contributed by atoms with E-state index < -0.39 is 0 Å². The fourth-order valence-corrected chi connectivity index (χ4v) is 2.64. The number of allylic oxidation sites excluding steroid dienone is 1. The number of rotatable bonds is 7. The van der Waals surface area contributed by atoms with Crippen LogP contribution in [0.4, 0.5) is 11.4 Å². The molecule has 0 aliphatic carbocycles. The zero-order valence-corrected chi connectivity index (χ0v) is 15.0. The van der Waals surface area contributed by atoms with Gasteiger partial charge in [0.1, 0.15) is 0 Å². The van der Waals surface area contributed by atoms with Gasteiger partial charge in [-0.2, -0.15) is 0 Å². The first-order chi connectivity index (χ1) is 12.0. The van der Waals surface area contributed by atoms with Gasteiger partial charge in [-0.15, -0.1) is 6.58 Å². The molecule has 0 spiro atoms. The lowest BCUT2D eigenvalue weighted by Crippen LogP contribution is -2.03. The van der Waals surface area contributed by atoms with Crippen molar-refractivity contribution in [2.24, 2.45) is 4.99 Å². The molecule has 0 radical (unpaired) electrons. The molecule has 4 heteroatoms. The average molecular weight is 336 g/mol. The zero-order chi connectivity index (χ0) is 18.4. The van der Waals surface area contributed by atoms with Crippen LogP contribution < -0.4 is 10.1 Å². The van der Waals surface area contributed by atoms with E-state index in [2.05, 4.69) is 23.5 Å². The molecule has 130 valence electrons. The average Bonchev–Trinajstić information content (AvgIpc) is 2.60. The predicted molar refractivity (Wildman–Crippen MR) is 106 cm³/mol. The van der Waals surface area contributed by atoms with E-state index in [0.717, 1.165) is 11.3 Å². The Hall–Kier alpha value is -3.01. The van der Waals surface area contributed by atoms with E-state index in [1.54, 1.807) is 18.4 Å². The number of nitrogens with zero attached hydrogens (tertiary/aromatic N) is 1. The van der Waals surface area contributed by atoms with Crippen molar-refractivity contribution in [3.8, 4) is 11.5 Å². The summed E-state index contributed by atoms with van der Waals surface area (Å²) in [5, 5.41) is 13.8. The highest BCUT2D eigenvalue weighted by molar-refractivity contribution is 5.86. The first-order valence-electron chi connectivity index (χ1n) is 8.07. The van der Waals surface area contributed by atoms with Gasteiger partial charge in [0.25, 0.3) is 0 Å². The van der Waals surface area contributed by atoms with E-state index in [-0.39, 0.29) is 5.75 Å². The Balaban J connectivity index is 2.55. The topological polar surface area (TPSA) is 53.9 Å². The van der Waals surface area contributed by atoms with Crippen LogP contribution in [0.3, 0.4) is 0 Å². The van der Waals surface area contributed by atoms with E-state index in [9.17, 15) is 5.11 Å². The molecule has 0 saturated carbocycles. The van der Waals surface area contributed by atoms with Gasteiger partial charge < -0.3 is 15.2 Å². The smallest absolute Gasteiger partial charge is 0.162 e. The first-order valence-corrected chi connectivity index (χ1v) is 8.07. The minimum Gasteiger partial charge on any atom is -0.504 e. The fourth-order valence-electron chi connectivity index (χ4n) is 2.64. The molecule has 2 rings (SSSR count). The molecule has 0 fully saturated rings. The van der Waals surface area contributed by atoms with Gasteiger partial charge in [-0.25, -0.2) is 0 Å². The summed E-state index contributed by atoms with van der Waals surface area (Å²) in [6, 6.07) is 9.73. The number of phenols is 1. The number of hydrogen-bond acceptors (Lipinski definition) is 4. The summed E-state index contributed by atoms with van der Waals surface area (Å²) in [6.07, 6.45) is 3.90. The molecule has 25 heavy (non-hydrogen) atoms. The number of anilines is 1. The lowest BCUT2D eigenvalue weighted by Gasteiger charge is -2.19. The number of aromatic hydroxyl groups is 1. The number of aryl methyl sites for hydroxylation is 1. The largest absolute Gasteiger partial charge is 0.504 e. The monoisotopic (exact) mass is 336 g/mol. The minimum absolute atomic E-state index is 0.0827. The van der Waals surface area contributed by atoms with Crippen LogP contribution in [-0.2, 0) is 6.42 Å². The number of hydrogen-bond donors (Lipinski definition) is 2. The normalized spacial score (nSPS) is 10.7. The highest BCUT2D eigenvalue weighted by Crippen LogP contribution is 2.42. The van der Waals surface area contributed by atoms with Crippen molar-refractivity contribution >= 4 is 23.3 Å². The van der Waals surface area contributed by atoms with Crippen LogP contribution in [0.2, 0.25) is 0 Å². The number of benzene rings is 2. The third-order valence-electron chi connectivity index (χ3n) is 3.83. The van der Waals surface area contributed by atoms with Crippen LogP contribution in [0.5, 0.6) is 11.5 Å². The van der Waals surface area contributed by atoms with Crippen molar-refractivity contribution in [1.29, 1.82) is 0 Å². The Morgan fingerprint density at radius 1 is 1.32 bits per heavy atom. The fraction of sp³-hybridized carbons (Fsp3) is 0.190. The highest BCUT2D eigenvalue weighted by Gasteiger charge is 2.19. The van der Waals surface area contributed by atoms with Crippen molar-refractivity contribution in [1.82, 2.24) is 0 Å². The molecule has 0 bridgehead atoms. The van der Waals surface area contributed by atoms with Gasteiger partial charge in [-0.05, 0) is 32.4 Å². The van der Waals surface area contributed by atoms with Crippen LogP contribution in [0.1, 0.15) is 23.6 Å². The molecule has 0 amide bonds. The molecule has 4 nitrogen and oxygen atoms in total. The maximum absolute atomic E-state index is 10.6. The van der Waals surface area contributed by atoms with E-state index in [1.807, 2.05) is 38.1 Å². The Kier molecular flexibility index (Phi) is 6.01. The van der Waals surface area contributed by atoms with Crippen LogP contribution in [0.15, 0.2) is 54.6 Å². The van der Waals surface area contributed by atoms with Gasteiger partial charge in [-0.3, -0.25) is 4.99 Å². The summed E-state index contributed by atoms with van der Waals surface area (Å²) in [6.45, 7) is 11.8. The predicted octanol–water partition coefficient (Wildman–Crippen LogP) is 5.24. The van der Waals surface area contributed by atoms with E-state index in [0.29, 0.717) is 29.1 Å². The third-order valence-corrected chi connectivity index (χ3v) is 3.83. The summed E-state index contributed by atoms with van der Waals surface area (Å²) >= 11 is 0. The van der Waals surface area contributed by atoms with E-state index in [1.165, 1.54) is 12.7 Å². The van der Waals surface area contributed by atoms with Gasteiger partial charge in [0.05, 0.1) is 12.8 Å². The first kappa shape index (κ1) is 18.3. The molecule has 0 saturated heterocycles. The van der Waals surface area contributed by atoms with Gasteiger partial charge in [0, 0.05) is 34.8 Å². The SMILES string of the molecule is C=CCc1c(O)c(OC)cc(N=CC)c1C(=C)Nc1ccc(C)cc1. The van der Waals surface area contributed by atoms with Gasteiger partial charge in [-0.1, -0.05) is 30.4 Å². The molecule has 0 aliphatic rings. The van der Waals surface area contributed by atoms with Gasteiger partial charge >= 0.3 is 0 Å². The molecule has 0 atom stereocenters. The Morgan fingerprint density at radius 3 is 2.56 bits per heavy atom. The second-order valence-electron chi connectivity index (χ2n) is 5.65. The van der Waals surface area contributed by atoms with Gasteiger partial charge in [0.2, 0.25) is 0 Å². The van der Waals surface area contributed by atoms with Crippen molar-refractivity contribution in [2.45, 2.75) is 20.3 Å². The molecular formula is C21H24N2O2. The standard InChI is InChI=1S/C21H24N2O2/c1-6-8-17-20(15(4)23-16-11-9-14(3)10-12-16)18(22-7-2)13-19(25-5)21(17)24/h6-7,9-13,23-24H,1,4,8H2,2-3,5H3. The van der Waals surface area contributed by atoms with Crippen molar-refractivity contribution in [3.63, 3.8) is 0 Å². The number of aliphatic imine (C=N–C) groups is 1. The van der Waals surface area contributed by atoms with Crippen LogP contribution in [0, 0.1) is 6.92 Å². The van der Waals surface area contributed by atoms with Crippen LogP contribution in [-0.4, -0.2) is 18.4 Å². The van der Waals surface area contributed by atoms with Crippen molar-refractivity contribution in [2.75, 3.05) is 12.4 Å². The Labute approximate surface area is 149 Å². The Morgan fingerprint density at radius 2 is 2.00 bits per heavy atom. The molecule has 0 aromatic heterocycles. The molecule has 2 aromatic carbocycles. The number of nitrogens with one attached hydrogen (secondary N) is 1. The quantitative estimate of drug-likeness (QED) is 0.537. The maximum Gasteiger partial charge on any atom is 0.162 e. The lowest BCUT2D eigenvalue weighted by atomic mass is 9.98. The summed E-state index contributed by atoms with van der Waals surface area (Å²) in [4.78, 5) is 4.42. The Bertz CT molecular complexity index is 806. The summed E-state index contributed by atoms with van der Waals surface area (Å²) in [5.41, 5.74) is 4.86. The van der Waals surface area contributed by atoms with E-state index >= 15 is 0 Å². The summed E-state index contributed by atoms with van der Waals surface area (Å²) in [5.74, 6) is 0.462. The highest BCUT2D eigenvalue weighted by atomic mass is 16.5. The van der Waals surface area contributed by atoms with Crippen LogP contribution >= 0.6 is 0 Å².